The highest BCUT2D eigenvalue weighted by Crippen LogP contribution is 2.19. The summed E-state index contributed by atoms with van der Waals surface area (Å²) in [5, 5.41) is 6.46. The standard InChI is InChI=1S/C16H30F3N5O.HI/c1-3-20-15(21-10-13(2)24-6-8-25-9-7-24)22-14-4-5-23(11-14)12-16(17,18)19;/h13-14H,3-12H2,1-2H3,(H2,20,21,22);1H. The molecular weight excluding hydrogens is 462 g/mol. The topological polar surface area (TPSA) is 52.1 Å². The van der Waals surface area contributed by atoms with Gasteiger partial charge in [-0.3, -0.25) is 14.8 Å². The van der Waals surface area contributed by atoms with Crippen molar-refractivity contribution >= 4 is 29.9 Å². The number of guanidine groups is 1. The molecule has 2 aliphatic rings. The Labute approximate surface area is 170 Å². The Morgan fingerprint density at radius 3 is 2.58 bits per heavy atom. The minimum atomic E-state index is -4.14. The van der Waals surface area contributed by atoms with Gasteiger partial charge in [0.15, 0.2) is 5.96 Å². The quantitative estimate of drug-likeness (QED) is 0.334. The Morgan fingerprint density at radius 2 is 1.96 bits per heavy atom. The van der Waals surface area contributed by atoms with Gasteiger partial charge in [0.25, 0.3) is 0 Å². The minimum Gasteiger partial charge on any atom is -0.379 e. The number of alkyl halides is 3. The Hall–Kier alpha value is -0.330. The fourth-order valence-corrected chi connectivity index (χ4v) is 3.22. The SMILES string of the molecule is CCNC(=NCC(C)N1CCOCC1)NC1CCN(CC(F)(F)F)C1.I. The van der Waals surface area contributed by atoms with Crippen molar-refractivity contribution in [3.05, 3.63) is 0 Å². The predicted molar refractivity (Wildman–Crippen MR) is 107 cm³/mol. The molecule has 0 aromatic heterocycles. The number of hydrogen-bond acceptors (Lipinski definition) is 4. The van der Waals surface area contributed by atoms with Crippen molar-refractivity contribution in [1.82, 2.24) is 20.4 Å². The molecule has 0 aromatic rings. The summed E-state index contributed by atoms with van der Waals surface area (Å²) in [4.78, 5) is 8.41. The summed E-state index contributed by atoms with van der Waals surface area (Å²) in [5.41, 5.74) is 0. The number of halogens is 4. The lowest BCUT2D eigenvalue weighted by Gasteiger charge is -2.31. The normalized spacial score (nSPS) is 24.2. The van der Waals surface area contributed by atoms with Crippen LogP contribution >= 0.6 is 24.0 Å². The van der Waals surface area contributed by atoms with E-state index >= 15 is 0 Å². The Bertz CT molecular complexity index is 433. The zero-order valence-electron chi connectivity index (χ0n) is 15.5. The molecule has 0 amide bonds. The van der Waals surface area contributed by atoms with Gasteiger partial charge in [-0.1, -0.05) is 0 Å². The molecule has 2 atom stereocenters. The molecule has 0 radical (unpaired) electrons. The number of likely N-dealkylation sites (tertiary alicyclic amines) is 1. The van der Waals surface area contributed by atoms with E-state index in [-0.39, 0.29) is 30.0 Å². The first-order valence-electron chi connectivity index (χ1n) is 9.03. The molecular formula is C16H31F3IN5O. The Kier molecular flexibility index (Phi) is 10.5. The first kappa shape index (κ1) is 23.7. The van der Waals surface area contributed by atoms with Gasteiger partial charge in [0.1, 0.15) is 0 Å². The summed E-state index contributed by atoms with van der Waals surface area (Å²) < 4.78 is 42.8. The van der Waals surface area contributed by atoms with Crippen LogP contribution in [0.1, 0.15) is 20.3 Å². The van der Waals surface area contributed by atoms with Gasteiger partial charge < -0.3 is 15.4 Å². The maximum absolute atomic E-state index is 12.5. The number of morpholine rings is 1. The lowest BCUT2D eigenvalue weighted by molar-refractivity contribution is -0.143. The largest absolute Gasteiger partial charge is 0.401 e. The Balaban J connectivity index is 0.00000338. The van der Waals surface area contributed by atoms with Crippen LogP contribution in [0.25, 0.3) is 0 Å². The van der Waals surface area contributed by atoms with Crippen molar-refractivity contribution in [1.29, 1.82) is 0 Å². The molecule has 2 aliphatic heterocycles. The number of nitrogens with one attached hydrogen (secondary N) is 2. The third-order valence-electron chi connectivity index (χ3n) is 4.54. The van der Waals surface area contributed by atoms with Crippen LogP contribution < -0.4 is 10.6 Å². The zero-order chi connectivity index (χ0) is 18.3. The van der Waals surface area contributed by atoms with Crippen LogP contribution in [0.5, 0.6) is 0 Å². The van der Waals surface area contributed by atoms with Gasteiger partial charge in [0.2, 0.25) is 0 Å². The van der Waals surface area contributed by atoms with Gasteiger partial charge in [0.05, 0.1) is 26.3 Å². The molecule has 2 rings (SSSR count). The summed E-state index contributed by atoms with van der Waals surface area (Å²) >= 11 is 0. The summed E-state index contributed by atoms with van der Waals surface area (Å²) in [6.45, 7) is 8.83. The first-order chi connectivity index (χ1) is 11.9. The van der Waals surface area contributed by atoms with Crippen molar-refractivity contribution < 1.29 is 17.9 Å². The van der Waals surface area contributed by atoms with Crippen LogP contribution in [-0.2, 0) is 4.74 Å². The Morgan fingerprint density at radius 1 is 1.27 bits per heavy atom. The van der Waals surface area contributed by atoms with Crippen LogP contribution in [0.15, 0.2) is 4.99 Å². The molecule has 0 spiro atoms. The van der Waals surface area contributed by atoms with Crippen molar-refractivity contribution in [3.63, 3.8) is 0 Å². The number of nitrogens with zero attached hydrogens (tertiary/aromatic N) is 3. The molecule has 2 fully saturated rings. The molecule has 2 N–H and O–H groups in total. The molecule has 2 saturated heterocycles. The number of ether oxygens (including phenoxy) is 1. The molecule has 2 unspecified atom stereocenters. The lowest BCUT2D eigenvalue weighted by Crippen LogP contribution is -2.47. The molecule has 2 heterocycles. The second kappa shape index (κ2) is 11.5. The molecule has 0 saturated carbocycles. The van der Waals surface area contributed by atoms with Gasteiger partial charge in [-0.15, -0.1) is 24.0 Å². The summed E-state index contributed by atoms with van der Waals surface area (Å²) in [6, 6.07) is 0.309. The maximum Gasteiger partial charge on any atom is 0.401 e. The van der Waals surface area contributed by atoms with E-state index in [1.54, 1.807) is 0 Å². The molecule has 26 heavy (non-hydrogen) atoms. The van der Waals surface area contributed by atoms with E-state index in [4.69, 9.17) is 4.74 Å². The molecule has 154 valence electrons. The monoisotopic (exact) mass is 493 g/mol. The molecule has 0 aromatic carbocycles. The van der Waals surface area contributed by atoms with E-state index in [1.807, 2.05) is 6.92 Å². The van der Waals surface area contributed by atoms with Crippen LogP contribution in [0.4, 0.5) is 13.2 Å². The maximum atomic E-state index is 12.5. The van der Waals surface area contributed by atoms with Crippen LogP contribution in [0.3, 0.4) is 0 Å². The second-order valence-electron chi connectivity index (χ2n) is 6.70. The van der Waals surface area contributed by atoms with Gasteiger partial charge in [-0.05, 0) is 20.3 Å². The van der Waals surface area contributed by atoms with Crippen LogP contribution in [-0.4, -0.2) is 93.0 Å². The smallest absolute Gasteiger partial charge is 0.379 e. The highest BCUT2D eigenvalue weighted by atomic mass is 127. The summed E-state index contributed by atoms with van der Waals surface area (Å²) in [5.74, 6) is 0.682. The van der Waals surface area contributed by atoms with Gasteiger partial charge in [0, 0.05) is 44.8 Å². The van der Waals surface area contributed by atoms with E-state index in [0.29, 0.717) is 38.1 Å². The molecule has 10 heteroatoms. The molecule has 0 bridgehead atoms. The number of rotatable bonds is 6. The second-order valence-corrected chi connectivity index (χ2v) is 6.70. The lowest BCUT2D eigenvalue weighted by atomic mass is 10.2. The van der Waals surface area contributed by atoms with Gasteiger partial charge >= 0.3 is 6.18 Å². The summed E-state index contributed by atoms with van der Waals surface area (Å²) in [7, 11) is 0. The molecule has 0 aliphatic carbocycles. The predicted octanol–water partition coefficient (Wildman–Crippen LogP) is 1.52. The fourth-order valence-electron chi connectivity index (χ4n) is 3.22. The van der Waals surface area contributed by atoms with Crippen molar-refractivity contribution in [3.8, 4) is 0 Å². The van der Waals surface area contributed by atoms with E-state index in [1.165, 1.54) is 4.90 Å². The summed E-state index contributed by atoms with van der Waals surface area (Å²) in [6.07, 6.45) is -3.44. The van der Waals surface area contributed by atoms with Crippen molar-refractivity contribution in [2.75, 3.05) is 59.0 Å². The average Bonchev–Trinajstić information content (AvgIpc) is 2.98. The van der Waals surface area contributed by atoms with Gasteiger partial charge in [-0.2, -0.15) is 13.2 Å². The highest BCUT2D eigenvalue weighted by Gasteiger charge is 2.34. The third kappa shape index (κ3) is 8.57. The minimum absolute atomic E-state index is 0. The fraction of sp³-hybridized carbons (Fsp3) is 0.938. The zero-order valence-corrected chi connectivity index (χ0v) is 17.8. The number of hydrogen-bond donors (Lipinski definition) is 2. The van der Waals surface area contributed by atoms with E-state index < -0.39 is 12.7 Å². The van der Waals surface area contributed by atoms with E-state index in [9.17, 15) is 13.2 Å². The first-order valence-corrected chi connectivity index (χ1v) is 9.03. The van der Waals surface area contributed by atoms with Crippen LogP contribution in [0, 0.1) is 0 Å². The highest BCUT2D eigenvalue weighted by molar-refractivity contribution is 14.0. The van der Waals surface area contributed by atoms with Crippen LogP contribution in [0.2, 0.25) is 0 Å². The third-order valence-corrected chi connectivity index (χ3v) is 4.54. The van der Waals surface area contributed by atoms with Crippen molar-refractivity contribution in [2.24, 2.45) is 4.99 Å². The molecule has 6 nitrogen and oxygen atoms in total. The van der Waals surface area contributed by atoms with E-state index in [0.717, 1.165) is 32.8 Å². The van der Waals surface area contributed by atoms with Gasteiger partial charge in [-0.25, -0.2) is 0 Å². The average molecular weight is 493 g/mol. The van der Waals surface area contributed by atoms with E-state index in [2.05, 4.69) is 27.4 Å². The van der Waals surface area contributed by atoms with Crippen molar-refractivity contribution in [2.45, 2.75) is 38.5 Å². The number of aliphatic imine (C=N–C) groups is 1.